The second-order valence-corrected chi connectivity index (χ2v) is 2.01. The van der Waals surface area contributed by atoms with Crippen molar-refractivity contribution in [3.63, 3.8) is 0 Å². The minimum absolute atomic E-state index is 1.07. The molecule has 0 aliphatic carbocycles. The molecule has 0 fully saturated rings. The summed E-state index contributed by atoms with van der Waals surface area (Å²) in [6.07, 6.45) is 1.87. The molecule has 0 saturated heterocycles. The summed E-state index contributed by atoms with van der Waals surface area (Å²) >= 11 is 0. The van der Waals surface area contributed by atoms with E-state index in [1.165, 1.54) is 5.59 Å². The van der Waals surface area contributed by atoms with Crippen LogP contribution in [0.4, 0.5) is 0 Å². The van der Waals surface area contributed by atoms with Gasteiger partial charge in [0.05, 0.1) is 5.82 Å². The van der Waals surface area contributed by atoms with Crippen molar-refractivity contribution in [3.8, 4) is 0 Å². The van der Waals surface area contributed by atoms with Crippen LogP contribution in [0.5, 0.6) is 0 Å². The molecule has 0 spiro atoms. The first kappa shape index (κ1) is 5.48. The molecule has 4 heteroatoms. The first-order valence-corrected chi connectivity index (χ1v) is 2.66. The lowest BCUT2D eigenvalue weighted by atomic mass is 10.0. The monoisotopic (exact) mass is 106 g/mol. The number of rotatable bonds is 0. The average molecular weight is 106 g/mol. The lowest BCUT2D eigenvalue weighted by Crippen LogP contribution is -2.15. The molecule has 0 saturated carbocycles. The Kier molecular flexibility index (Phi) is 1.16. The second-order valence-electron chi connectivity index (χ2n) is 2.01. The molecule has 1 aromatic rings. The van der Waals surface area contributed by atoms with Crippen molar-refractivity contribution in [2.24, 2.45) is 0 Å². The van der Waals surface area contributed by atoms with Crippen LogP contribution in [0.3, 0.4) is 0 Å². The highest BCUT2D eigenvalue weighted by atomic mass is 15.0. The molecule has 0 bridgehead atoms. The van der Waals surface area contributed by atoms with Crippen molar-refractivity contribution >= 4 is 21.4 Å². The molecule has 40 valence electrons. The molecule has 0 radical (unpaired) electrons. The van der Waals surface area contributed by atoms with E-state index in [4.69, 9.17) is 0 Å². The summed E-state index contributed by atoms with van der Waals surface area (Å²) in [5, 5.41) is 0. The fraction of sp³-hybridized carbons (Fsp3) is 0.250. The van der Waals surface area contributed by atoms with E-state index in [1.54, 1.807) is 0 Å². The predicted octanol–water partition coefficient (Wildman–Crippen LogP) is -2.15. The normalized spacial score (nSPS) is 9.62. The number of hydrogen-bond acceptors (Lipinski definition) is 1. The van der Waals surface area contributed by atoms with Gasteiger partial charge in [0, 0.05) is 6.20 Å². The zero-order valence-corrected chi connectivity index (χ0v) is 5.47. The van der Waals surface area contributed by atoms with E-state index in [9.17, 15) is 0 Å². The minimum atomic E-state index is 1.07. The Morgan fingerprint density at radius 2 is 2.38 bits per heavy atom. The van der Waals surface area contributed by atoms with Crippen LogP contribution >= 0.6 is 0 Å². The van der Waals surface area contributed by atoms with E-state index >= 15 is 0 Å². The number of hydrogen-bond donors (Lipinski definition) is 0. The van der Waals surface area contributed by atoms with E-state index in [0.29, 0.717) is 0 Å². The van der Waals surface area contributed by atoms with Crippen LogP contribution in [0.2, 0.25) is 0 Å². The van der Waals surface area contributed by atoms with Crippen LogP contribution in [-0.4, -0.2) is 25.3 Å². The van der Waals surface area contributed by atoms with Gasteiger partial charge in [0.25, 0.3) is 0 Å². The zero-order chi connectivity index (χ0) is 6.15. The third-order valence-corrected chi connectivity index (χ3v) is 1.45. The summed E-state index contributed by atoms with van der Waals surface area (Å²) in [7, 11) is 4.05. The molecular formula is C4H8B2N2. The maximum absolute atomic E-state index is 4.08. The molecule has 0 aromatic carbocycles. The Balaban J connectivity index is 3.19. The third-order valence-electron chi connectivity index (χ3n) is 1.45. The molecule has 0 aliphatic rings. The number of aryl methyl sites for hydroxylation is 1. The van der Waals surface area contributed by atoms with Gasteiger partial charge in [0.15, 0.2) is 7.85 Å². The Bertz CT molecular complexity index is 174. The Labute approximate surface area is 50.8 Å². The zero-order valence-electron chi connectivity index (χ0n) is 5.47. The number of nitrogens with zero attached hydrogens (tertiary/aromatic N) is 2. The SMILES string of the molecule is Bc1cnc(C)n1B. The van der Waals surface area contributed by atoms with Crippen LogP contribution in [0.15, 0.2) is 6.20 Å². The number of imidazole rings is 1. The standard InChI is InChI=1S/C4H8B2N2/c1-3-7-2-4(5)8(3)6/h2H,5-6H2,1H3. The molecule has 1 heterocycles. The maximum Gasteiger partial charge on any atom is 0.223 e. The molecule has 0 aliphatic heterocycles. The third kappa shape index (κ3) is 0.660. The maximum atomic E-state index is 4.08. The van der Waals surface area contributed by atoms with Crippen LogP contribution in [0.25, 0.3) is 0 Å². The van der Waals surface area contributed by atoms with Gasteiger partial charge in [-0.05, 0) is 12.5 Å². The van der Waals surface area contributed by atoms with E-state index in [0.717, 1.165) is 5.82 Å². The molecule has 0 unspecified atom stereocenters. The molecular weight excluding hydrogens is 97.7 g/mol. The van der Waals surface area contributed by atoms with E-state index in [2.05, 4.69) is 9.46 Å². The van der Waals surface area contributed by atoms with Crippen molar-refractivity contribution in [3.05, 3.63) is 12.0 Å². The van der Waals surface area contributed by atoms with Gasteiger partial charge in [-0.25, -0.2) is 4.98 Å². The molecule has 0 amide bonds. The molecule has 1 aromatic heterocycles. The molecule has 8 heavy (non-hydrogen) atoms. The van der Waals surface area contributed by atoms with Crippen LogP contribution in [0.1, 0.15) is 5.82 Å². The highest BCUT2D eigenvalue weighted by Crippen LogP contribution is 1.82. The van der Waals surface area contributed by atoms with Crippen molar-refractivity contribution < 1.29 is 0 Å². The number of aromatic nitrogens is 2. The summed E-state index contributed by atoms with van der Waals surface area (Å²) in [5.74, 6) is 1.07. The van der Waals surface area contributed by atoms with E-state index in [-0.39, 0.29) is 0 Å². The first-order chi connectivity index (χ1) is 3.72. The van der Waals surface area contributed by atoms with Crippen molar-refractivity contribution in [2.45, 2.75) is 6.92 Å². The fourth-order valence-electron chi connectivity index (χ4n) is 0.615. The van der Waals surface area contributed by atoms with Gasteiger partial charge in [-0.3, -0.25) is 0 Å². The van der Waals surface area contributed by atoms with Gasteiger partial charge in [0.1, 0.15) is 0 Å². The summed E-state index contributed by atoms with van der Waals surface area (Å²) in [5.41, 5.74) is 1.21. The van der Waals surface area contributed by atoms with Gasteiger partial charge < -0.3 is 4.48 Å². The second kappa shape index (κ2) is 1.69. The largest absolute Gasteiger partial charge is 0.393 e. The van der Waals surface area contributed by atoms with Crippen molar-refractivity contribution in [2.75, 3.05) is 0 Å². The van der Waals surface area contributed by atoms with Gasteiger partial charge in [-0.1, -0.05) is 0 Å². The Morgan fingerprint density at radius 1 is 1.75 bits per heavy atom. The smallest absolute Gasteiger partial charge is 0.223 e. The quantitative estimate of drug-likeness (QED) is 0.344. The van der Waals surface area contributed by atoms with Crippen molar-refractivity contribution in [1.29, 1.82) is 0 Å². The van der Waals surface area contributed by atoms with Gasteiger partial charge in [0.2, 0.25) is 7.98 Å². The minimum Gasteiger partial charge on any atom is -0.393 e. The molecule has 2 nitrogen and oxygen atoms in total. The Morgan fingerprint density at radius 3 is 2.50 bits per heavy atom. The van der Waals surface area contributed by atoms with E-state index < -0.39 is 0 Å². The highest BCUT2D eigenvalue weighted by molar-refractivity contribution is 6.33. The van der Waals surface area contributed by atoms with Gasteiger partial charge in [-0.2, -0.15) is 0 Å². The van der Waals surface area contributed by atoms with Gasteiger partial charge in [-0.15, -0.1) is 0 Å². The lowest BCUT2D eigenvalue weighted by Gasteiger charge is -1.94. The predicted molar refractivity (Wildman–Crippen MR) is 39.1 cm³/mol. The van der Waals surface area contributed by atoms with Gasteiger partial charge >= 0.3 is 0 Å². The molecule has 1 rings (SSSR count). The highest BCUT2D eigenvalue weighted by Gasteiger charge is 1.92. The van der Waals surface area contributed by atoms with Crippen LogP contribution in [-0.2, 0) is 0 Å². The van der Waals surface area contributed by atoms with Crippen LogP contribution in [0, 0.1) is 6.92 Å². The summed E-state index contributed by atoms with van der Waals surface area (Å²) in [4.78, 5) is 4.08. The lowest BCUT2D eigenvalue weighted by molar-refractivity contribution is 1.09. The molecule has 0 atom stereocenters. The summed E-state index contributed by atoms with van der Waals surface area (Å²) in [6.45, 7) is 1.99. The molecule has 0 N–H and O–H groups in total. The summed E-state index contributed by atoms with van der Waals surface area (Å²) < 4.78 is 2.06. The first-order valence-electron chi connectivity index (χ1n) is 2.66. The van der Waals surface area contributed by atoms with E-state index in [1.807, 2.05) is 28.9 Å². The summed E-state index contributed by atoms with van der Waals surface area (Å²) in [6, 6.07) is 0. The van der Waals surface area contributed by atoms with Crippen molar-refractivity contribution in [1.82, 2.24) is 9.46 Å². The fourth-order valence-corrected chi connectivity index (χ4v) is 0.615. The average Bonchev–Trinajstić information content (AvgIpc) is 1.98. The Hall–Kier alpha value is -0.660. The topological polar surface area (TPSA) is 17.8 Å². The van der Waals surface area contributed by atoms with Crippen LogP contribution < -0.4 is 5.59 Å².